The molecular formula is C14H20OS. The number of benzene rings is 1. The highest BCUT2D eigenvalue weighted by molar-refractivity contribution is 7.98. The van der Waals surface area contributed by atoms with E-state index in [4.69, 9.17) is 0 Å². The van der Waals surface area contributed by atoms with Crippen molar-refractivity contribution in [2.24, 2.45) is 5.92 Å². The highest BCUT2D eigenvalue weighted by Crippen LogP contribution is 2.35. The van der Waals surface area contributed by atoms with Gasteiger partial charge in [-0.2, -0.15) is 11.8 Å². The SMILES string of the molecule is CC(C)c1ccc2c(c1)C(O)C(C)CSC2. The van der Waals surface area contributed by atoms with E-state index in [1.165, 1.54) is 11.1 Å². The highest BCUT2D eigenvalue weighted by atomic mass is 32.2. The Balaban J connectivity index is 2.42. The van der Waals surface area contributed by atoms with Crippen LogP contribution < -0.4 is 0 Å². The summed E-state index contributed by atoms with van der Waals surface area (Å²) >= 11 is 1.92. The molecule has 1 heterocycles. The Morgan fingerprint density at radius 3 is 2.81 bits per heavy atom. The second kappa shape index (κ2) is 4.80. The minimum atomic E-state index is -0.288. The Labute approximate surface area is 102 Å². The summed E-state index contributed by atoms with van der Waals surface area (Å²) in [5.41, 5.74) is 3.80. The Bertz CT molecular complexity index is 373. The number of hydrogen-bond donors (Lipinski definition) is 1. The predicted octanol–water partition coefficient (Wildman–Crippen LogP) is 3.73. The Morgan fingerprint density at radius 2 is 2.12 bits per heavy atom. The molecule has 0 saturated heterocycles. The van der Waals surface area contributed by atoms with Gasteiger partial charge in [0, 0.05) is 5.75 Å². The molecule has 0 aromatic heterocycles. The van der Waals surface area contributed by atoms with E-state index >= 15 is 0 Å². The van der Waals surface area contributed by atoms with Crippen LogP contribution in [0, 0.1) is 5.92 Å². The van der Waals surface area contributed by atoms with Crippen molar-refractivity contribution in [3.05, 3.63) is 34.9 Å². The summed E-state index contributed by atoms with van der Waals surface area (Å²) in [7, 11) is 0. The maximum Gasteiger partial charge on any atom is 0.0826 e. The minimum Gasteiger partial charge on any atom is -0.388 e. The topological polar surface area (TPSA) is 20.2 Å². The molecule has 1 aromatic carbocycles. The van der Waals surface area contributed by atoms with Crippen molar-refractivity contribution in [3.8, 4) is 0 Å². The first kappa shape index (κ1) is 12.0. The Morgan fingerprint density at radius 1 is 1.38 bits per heavy atom. The lowest BCUT2D eigenvalue weighted by molar-refractivity contribution is 0.129. The van der Waals surface area contributed by atoms with E-state index in [0.29, 0.717) is 11.8 Å². The third-order valence-corrected chi connectivity index (χ3v) is 4.61. The maximum absolute atomic E-state index is 10.3. The van der Waals surface area contributed by atoms with E-state index in [0.717, 1.165) is 17.1 Å². The smallest absolute Gasteiger partial charge is 0.0826 e. The van der Waals surface area contributed by atoms with Crippen LogP contribution in [0.1, 0.15) is 49.5 Å². The fourth-order valence-electron chi connectivity index (χ4n) is 2.13. The van der Waals surface area contributed by atoms with Crippen LogP contribution in [0.3, 0.4) is 0 Å². The molecule has 0 fully saturated rings. The average Bonchev–Trinajstić information content (AvgIpc) is 2.40. The zero-order valence-corrected chi connectivity index (χ0v) is 11.1. The largest absolute Gasteiger partial charge is 0.388 e. The summed E-state index contributed by atoms with van der Waals surface area (Å²) in [5, 5.41) is 10.3. The molecule has 0 saturated carbocycles. The number of aliphatic hydroxyl groups is 1. The number of thioether (sulfide) groups is 1. The van der Waals surface area contributed by atoms with Crippen LogP contribution >= 0.6 is 11.8 Å². The Kier molecular flexibility index (Phi) is 3.60. The molecule has 2 unspecified atom stereocenters. The lowest BCUT2D eigenvalue weighted by Crippen LogP contribution is -2.11. The van der Waals surface area contributed by atoms with E-state index in [1.807, 2.05) is 11.8 Å². The molecule has 0 bridgehead atoms. The molecule has 1 aliphatic heterocycles. The van der Waals surface area contributed by atoms with Crippen LogP contribution in [-0.2, 0) is 5.75 Å². The third-order valence-electron chi connectivity index (χ3n) is 3.33. The molecule has 2 rings (SSSR count). The van der Waals surface area contributed by atoms with E-state index in [-0.39, 0.29) is 6.10 Å². The molecule has 1 aromatic rings. The molecule has 16 heavy (non-hydrogen) atoms. The van der Waals surface area contributed by atoms with Crippen molar-refractivity contribution in [2.75, 3.05) is 5.75 Å². The van der Waals surface area contributed by atoms with Crippen molar-refractivity contribution in [1.82, 2.24) is 0 Å². The molecule has 0 amide bonds. The number of aliphatic hydroxyl groups excluding tert-OH is 1. The van der Waals surface area contributed by atoms with E-state index in [2.05, 4.69) is 39.0 Å². The molecule has 1 aliphatic rings. The van der Waals surface area contributed by atoms with E-state index < -0.39 is 0 Å². The zero-order valence-electron chi connectivity index (χ0n) is 10.2. The molecule has 2 heteroatoms. The van der Waals surface area contributed by atoms with Crippen LogP contribution in [0.2, 0.25) is 0 Å². The first-order valence-electron chi connectivity index (χ1n) is 5.98. The van der Waals surface area contributed by atoms with Crippen molar-refractivity contribution >= 4 is 11.8 Å². The van der Waals surface area contributed by atoms with Crippen LogP contribution in [-0.4, -0.2) is 10.9 Å². The molecule has 0 aliphatic carbocycles. The van der Waals surface area contributed by atoms with Crippen molar-refractivity contribution in [1.29, 1.82) is 0 Å². The summed E-state index contributed by atoms with van der Waals surface area (Å²) < 4.78 is 0. The van der Waals surface area contributed by atoms with Gasteiger partial charge in [0.15, 0.2) is 0 Å². The van der Waals surface area contributed by atoms with Gasteiger partial charge in [0.05, 0.1) is 6.10 Å². The summed E-state index contributed by atoms with van der Waals surface area (Å²) in [5.74, 6) is 2.97. The summed E-state index contributed by atoms with van der Waals surface area (Å²) in [6, 6.07) is 6.60. The number of fused-ring (bicyclic) bond motifs is 1. The second-order valence-electron chi connectivity index (χ2n) is 5.05. The van der Waals surface area contributed by atoms with Crippen LogP contribution in [0.25, 0.3) is 0 Å². The van der Waals surface area contributed by atoms with E-state index in [1.54, 1.807) is 0 Å². The molecule has 0 spiro atoms. The van der Waals surface area contributed by atoms with Gasteiger partial charge in [-0.3, -0.25) is 0 Å². The quantitative estimate of drug-likeness (QED) is 0.802. The molecule has 88 valence electrons. The summed E-state index contributed by atoms with van der Waals surface area (Å²) in [4.78, 5) is 0. The van der Waals surface area contributed by atoms with Crippen molar-refractivity contribution < 1.29 is 5.11 Å². The fraction of sp³-hybridized carbons (Fsp3) is 0.571. The molecular weight excluding hydrogens is 216 g/mol. The Hall–Kier alpha value is -0.470. The number of hydrogen-bond acceptors (Lipinski definition) is 2. The molecule has 1 nitrogen and oxygen atoms in total. The molecule has 2 atom stereocenters. The van der Waals surface area contributed by atoms with Gasteiger partial charge in [-0.05, 0) is 34.3 Å². The maximum atomic E-state index is 10.3. The molecule has 1 N–H and O–H groups in total. The standard InChI is InChI=1S/C14H20OS/c1-9(2)11-4-5-12-8-16-7-10(3)14(15)13(12)6-11/h4-6,9-10,14-15H,7-8H2,1-3H3. The number of rotatable bonds is 1. The van der Waals surface area contributed by atoms with Crippen molar-refractivity contribution in [2.45, 2.75) is 38.5 Å². The zero-order chi connectivity index (χ0) is 11.7. The first-order chi connectivity index (χ1) is 7.59. The third kappa shape index (κ3) is 2.28. The van der Waals surface area contributed by atoms with Crippen LogP contribution in [0.4, 0.5) is 0 Å². The first-order valence-corrected chi connectivity index (χ1v) is 7.13. The van der Waals surface area contributed by atoms with E-state index in [9.17, 15) is 5.11 Å². The van der Waals surface area contributed by atoms with Gasteiger partial charge in [0.1, 0.15) is 0 Å². The van der Waals surface area contributed by atoms with Gasteiger partial charge >= 0.3 is 0 Å². The van der Waals surface area contributed by atoms with Crippen molar-refractivity contribution in [3.63, 3.8) is 0 Å². The summed E-state index contributed by atoms with van der Waals surface area (Å²) in [6.07, 6.45) is -0.288. The van der Waals surface area contributed by atoms with Gasteiger partial charge < -0.3 is 5.11 Å². The average molecular weight is 236 g/mol. The predicted molar refractivity (Wildman–Crippen MR) is 70.8 cm³/mol. The van der Waals surface area contributed by atoms with Crippen LogP contribution in [0.5, 0.6) is 0 Å². The van der Waals surface area contributed by atoms with Gasteiger partial charge in [-0.25, -0.2) is 0 Å². The van der Waals surface area contributed by atoms with Gasteiger partial charge in [0.25, 0.3) is 0 Å². The monoisotopic (exact) mass is 236 g/mol. The van der Waals surface area contributed by atoms with Gasteiger partial charge in [0.2, 0.25) is 0 Å². The highest BCUT2D eigenvalue weighted by Gasteiger charge is 2.23. The second-order valence-corrected chi connectivity index (χ2v) is 6.08. The normalized spacial score (nSPS) is 25.3. The van der Waals surface area contributed by atoms with Gasteiger partial charge in [-0.15, -0.1) is 0 Å². The fourth-order valence-corrected chi connectivity index (χ4v) is 3.29. The van der Waals surface area contributed by atoms with Gasteiger partial charge in [-0.1, -0.05) is 39.0 Å². The lowest BCUT2D eigenvalue weighted by atomic mass is 9.91. The van der Waals surface area contributed by atoms with Crippen LogP contribution in [0.15, 0.2) is 18.2 Å². The summed E-state index contributed by atoms with van der Waals surface area (Å²) in [6.45, 7) is 6.53. The minimum absolute atomic E-state index is 0.288. The molecule has 0 radical (unpaired) electrons. The lowest BCUT2D eigenvalue weighted by Gasteiger charge is -2.18.